The number of pyridine rings is 1. The number of carbonyl (C=O) groups is 2. The Morgan fingerprint density at radius 1 is 1.19 bits per heavy atom. The summed E-state index contributed by atoms with van der Waals surface area (Å²) in [6, 6.07) is 7.59. The third-order valence-corrected chi connectivity index (χ3v) is 6.38. The van der Waals surface area contributed by atoms with Gasteiger partial charge in [0.25, 0.3) is 5.91 Å². The van der Waals surface area contributed by atoms with E-state index in [0.717, 1.165) is 43.8 Å². The molecule has 3 amide bonds. The second-order valence-electron chi connectivity index (χ2n) is 8.20. The van der Waals surface area contributed by atoms with Crippen LogP contribution in [0.1, 0.15) is 37.5 Å². The number of piperidine rings is 1. The highest BCUT2D eigenvalue weighted by molar-refractivity contribution is 6.07. The molecule has 2 saturated heterocycles. The first-order valence-corrected chi connectivity index (χ1v) is 11.1. The van der Waals surface area contributed by atoms with Crippen molar-refractivity contribution in [2.75, 3.05) is 32.7 Å². The number of aromatic nitrogens is 1. The van der Waals surface area contributed by atoms with Crippen LogP contribution in [0.25, 0.3) is 6.08 Å². The maximum atomic E-state index is 13.4. The maximum absolute atomic E-state index is 13.4. The molecule has 4 heterocycles. The highest BCUT2D eigenvalue weighted by Gasteiger charge is 2.56. The van der Waals surface area contributed by atoms with Gasteiger partial charge >= 0.3 is 6.03 Å². The van der Waals surface area contributed by atoms with E-state index in [1.165, 1.54) is 4.90 Å². The summed E-state index contributed by atoms with van der Waals surface area (Å²) >= 11 is 0. The van der Waals surface area contributed by atoms with Gasteiger partial charge in [0.15, 0.2) is 0 Å². The maximum Gasteiger partial charge on any atom is 0.327 e. The molecule has 0 aliphatic carbocycles. The van der Waals surface area contributed by atoms with Crippen LogP contribution in [0.5, 0.6) is 0 Å². The number of likely N-dealkylation sites (N-methyl/N-ethyl adjacent to an activating group) is 1. The van der Waals surface area contributed by atoms with Gasteiger partial charge in [0.2, 0.25) is 0 Å². The lowest BCUT2D eigenvalue weighted by Crippen LogP contribution is -2.56. The van der Waals surface area contributed by atoms with Crippen LogP contribution in [-0.4, -0.2) is 69.9 Å². The Bertz CT molecular complexity index is 902. The number of urea groups is 1. The van der Waals surface area contributed by atoms with Crippen LogP contribution in [0.15, 0.2) is 53.4 Å². The van der Waals surface area contributed by atoms with Crippen LogP contribution in [0.3, 0.4) is 0 Å². The fourth-order valence-corrected chi connectivity index (χ4v) is 4.70. The zero-order valence-electron chi connectivity index (χ0n) is 18.1. The fourth-order valence-electron chi connectivity index (χ4n) is 4.70. The van der Waals surface area contributed by atoms with E-state index in [2.05, 4.69) is 16.0 Å². The predicted molar refractivity (Wildman–Crippen MR) is 118 cm³/mol. The average molecular weight is 423 g/mol. The van der Waals surface area contributed by atoms with Crippen molar-refractivity contribution in [3.8, 4) is 0 Å². The van der Waals surface area contributed by atoms with Crippen molar-refractivity contribution in [2.24, 2.45) is 0 Å². The van der Waals surface area contributed by atoms with Gasteiger partial charge in [0.05, 0.1) is 6.26 Å². The number of rotatable bonds is 8. The van der Waals surface area contributed by atoms with E-state index in [-0.39, 0.29) is 11.9 Å². The van der Waals surface area contributed by atoms with E-state index in [0.29, 0.717) is 25.9 Å². The van der Waals surface area contributed by atoms with E-state index < -0.39 is 5.54 Å². The summed E-state index contributed by atoms with van der Waals surface area (Å²) in [5.41, 5.74) is 0.445. The number of carbonyl (C=O) groups excluding carboxylic acids is 2. The lowest BCUT2D eigenvalue weighted by Gasteiger charge is -2.41. The molecule has 1 spiro atoms. The van der Waals surface area contributed by atoms with Gasteiger partial charge in [-0.15, -0.1) is 0 Å². The summed E-state index contributed by atoms with van der Waals surface area (Å²) in [6.07, 6.45) is 12.2. The highest BCUT2D eigenvalue weighted by Crippen LogP contribution is 2.37. The number of hydrogen-bond donors (Lipinski definition) is 0. The number of aryl methyl sites for hydroxylation is 1. The average Bonchev–Trinajstić information content (AvgIpc) is 3.37. The van der Waals surface area contributed by atoms with Crippen LogP contribution in [0.2, 0.25) is 0 Å². The molecule has 0 radical (unpaired) electrons. The van der Waals surface area contributed by atoms with Crippen LogP contribution in [-0.2, 0) is 11.2 Å². The van der Waals surface area contributed by atoms with Crippen LogP contribution >= 0.6 is 0 Å². The van der Waals surface area contributed by atoms with Crippen molar-refractivity contribution in [3.63, 3.8) is 0 Å². The van der Waals surface area contributed by atoms with Crippen molar-refractivity contribution in [1.29, 1.82) is 0 Å². The van der Waals surface area contributed by atoms with E-state index >= 15 is 0 Å². The molecule has 0 atom stereocenters. The molecule has 0 saturated carbocycles. The van der Waals surface area contributed by atoms with E-state index in [1.54, 1.807) is 17.4 Å². The summed E-state index contributed by atoms with van der Waals surface area (Å²) in [4.78, 5) is 36.1. The fraction of sp³-hybridized carbons (Fsp3) is 0.458. The van der Waals surface area contributed by atoms with Crippen molar-refractivity contribution in [3.05, 3.63) is 60.3 Å². The standard InChI is InChI=1S/C24H30N4O3/c1-2-28-23(30)27(15-4-8-20-7-3-13-25-19-20)22(29)24(28)11-16-26(17-12-24)14-5-9-21-10-6-18-31-21/h3,5-7,9-10,13,18-19H,2,4,8,11-12,14-17H2,1H3/b9-5+. The lowest BCUT2D eigenvalue weighted by molar-refractivity contribution is -0.135. The smallest absolute Gasteiger partial charge is 0.327 e. The van der Waals surface area contributed by atoms with Crippen molar-refractivity contribution >= 4 is 18.0 Å². The monoisotopic (exact) mass is 422 g/mol. The molecule has 0 aromatic carbocycles. The Kier molecular flexibility index (Phi) is 6.51. The largest absolute Gasteiger partial charge is 0.465 e. The Balaban J connectivity index is 1.35. The molecule has 7 heteroatoms. The zero-order chi connectivity index (χ0) is 21.7. The van der Waals surface area contributed by atoms with Crippen LogP contribution in [0, 0.1) is 0 Å². The molecule has 31 heavy (non-hydrogen) atoms. The van der Waals surface area contributed by atoms with Gasteiger partial charge in [-0.25, -0.2) is 4.79 Å². The minimum absolute atomic E-state index is 0.0173. The molecule has 2 aliphatic rings. The third-order valence-electron chi connectivity index (χ3n) is 6.38. The summed E-state index contributed by atoms with van der Waals surface area (Å²) in [6.45, 7) is 5.37. The van der Waals surface area contributed by atoms with Gasteiger partial charge in [-0.1, -0.05) is 12.1 Å². The molecule has 2 aliphatic heterocycles. The molecular formula is C24H30N4O3. The van der Waals surface area contributed by atoms with E-state index in [9.17, 15) is 9.59 Å². The first kappa shape index (κ1) is 21.3. The number of amides is 3. The zero-order valence-corrected chi connectivity index (χ0v) is 18.1. The number of nitrogens with zero attached hydrogens (tertiary/aromatic N) is 4. The van der Waals surface area contributed by atoms with Gasteiger partial charge in [-0.2, -0.15) is 0 Å². The topological polar surface area (TPSA) is 69.9 Å². The molecule has 4 rings (SSSR count). The first-order chi connectivity index (χ1) is 15.1. The number of likely N-dealkylation sites (tertiary alicyclic amines) is 1. The van der Waals surface area contributed by atoms with Crippen LogP contribution < -0.4 is 0 Å². The second-order valence-corrected chi connectivity index (χ2v) is 8.20. The molecule has 7 nitrogen and oxygen atoms in total. The third kappa shape index (κ3) is 4.42. The molecule has 2 aromatic heterocycles. The molecule has 0 bridgehead atoms. The first-order valence-electron chi connectivity index (χ1n) is 11.1. The summed E-state index contributed by atoms with van der Waals surface area (Å²) in [5, 5.41) is 0. The summed E-state index contributed by atoms with van der Waals surface area (Å²) < 4.78 is 5.32. The van der Waals surface area contributed by atoms with E-state index in [4.69, 9.17) is 4.42 Å². The molecule has 0 N–H and O–H groups in total. The van der Waals surface area contributed by atoms with Crippen molar-refractivity contribution in [1.82, 2.24) is 19.7 Å². The summed E-state index contributed by atoms with van der Waals surface area (Å²) in [7, 11) is 0. The molecular weight excluding hydrogens is 392 g/mol. The normalized spacial score (nSPS) is 19.3. The Morgan fingerprint density at radius 3 is 2.71 bits per heavy atom. The molecule has 2 fully saturated rings. The van der Waals surface area contributed by atoms with Crippen molar-refractivity contribution in [2.45, 2.75) is 38.1 Å². The number of furan rings is 1. The second kappa shape index (κ2) is 9.47. The van der Waals surface area contributed by atoms with Gasteiger partial charge in [0, 0.05) is 45.1 Å². The Labute approximate surface area is 183 Å². The van der Waals surface area contributed by atoms with Gasteiger partial charge in [-0.3, -0.25) is 19.6 Å². The van der Waals surface area contributed by atoms with Crippen molar-refractivity contribution < 1.29 is 14.0 Å². The minimum Gasteiger partial charge on any atom is -0.465 e. The molecule has 0 unspecified atom stereocenters. The minimum atomic E-state index is -0.679. The highest BCUT2D eigenvalue weighted by atomic mass is 16.3. The van der Waals surface area contributed by atoms with Gasteiger partial charge < -0.3 is 9.32 Å². The van der Waals surface area contributed by atoms with E-state index in [1.807, 2.05) is 43.5 Å². The predicted octanol–water partition coefficient (Wildman–Crippen LogP) is 3.44. The van der Waals surface area contributed by atoms with Gasteiger partial charge in [0.1, 0.15) is 11.3 Å². The molecule has 164 valence electrons. The summed E-state index contributed by atoms with van der Waals surface area (Å²) in [5.74, 6) is 0.820. The van der Waals surface area contributed by atoms with Crippen LogP contribution in [0.4, 0.5) is 4.79 Å². The SMILES string of the molecule is CCN1C(=O)N(CCCc2cccnc2)C(=O)C12CCN(C/C=C/c1ccco1)CC2. The number of imide groups is 1. The van der Waals surface area contributed by atoms with Gasteiger partial charge in [-0.05, 0) is 62.4 Å². The number of hydrogen-bond acceptors (Lipinski definition) is 5. The Hall–Kier alpha value is -2.93. The lowest BCUT2D eigenvalue weighted by atomic mass is 9.85. The molecule has 2 aromatic rings. The quantitative estimate of drug-likeness (QED) is 0.610. The Morgan fingerprint density at radius 2 is 2.03 bits per heavy atom.